The number of rotatable bonds is 2. The number of aromatic nitrogens is 1. The standard InChI is InChI=1S/C8H5F3N2S/c9-8(10,11)6-2-1-4-13-7(6)14-5-3-12/h1-2,4H,5H2. The van der Waals surface area contributed by atoms with E-state index in [1.165, 1.54) is 12.3 Å². The van der Waals surface area contributed by atoms with Crippen molar-refractivity contribution in [2.45, 2.75) is 11.2 Å². The van der Waals surface area contributed by atoms with Crippen LogP contribution >= 0.6 is 11.8 Å². The predicted octanol–water partition coefficient (Wildman–Crippen LogP) is 2.72. The highest BCUT2D eigenvalue weighted by molar-refractivity contribution is 7.99. The van der Waals surface area contributed by atoms with Crippen molar-refractivity contribution in [2.24, 2.45) is 0 Å². The monoisotopic (exact) mass is 218 g/mol. The quantitative estimate of drug-likeness (QED) is 0.716. The molecule has 1 heterocycles. The van der Waals surface area contributed by atoms with Crippen LogP contribution in [0.2, 0.25) is 0 Å². The molecule has 0 aliphatic heterocycles. The number of alkyl halides is 3. The largest absolute Gasteiger partial charge is 0.419 e. The molecule has 0 fully saturated rings. The third-order valence-electron chi connectivity index (χ3n) is 1.35. The Kier molecular flexibility index (Phi) is 3.36. The van der Waals surface area contributed by atoms with Gasteiger partial charge in [-0.15, -0.1) is 0 Å². The number of hydrogen-bond acceptors (Lipinski definition) is 3. The summed E-state index contributed by atoms with van der Waals surface area (Å²) in [7, 11) is 0. The molecule has 0 bridgehead atoms. The fourth-order valence-electron chi connectivity index (χ4n) is 0.822. The third-order valence-corrected chi connectivity index (χ3v) is 2.22. The van der Waals surface area contributed by atoms with Gasteiger partial charge in [0.2, 0.25) is 0 Å². The average Bonchev–Trinajstić information content (AvgIpc) is 2.14. The van der Waals surface area contributed by atoms with Crippen molar-refractivity contribution < 1.29 is 13.2 Å². The third kappa shape index (κ3) is 2.64. The lowest BCUT2D eigenvalue weighted by molar-refractivity contribution is -0.140. The summed E-state index contributed by atoms with van der Waals surface area (Å²) in [4.78, 5) is 3.57. The average molecular weight is 218 g/mol. The zero-order chi connectivity index (χ0) is 10.6. The molecule has 0 amide bonds. The minimum atomic E-state index is -4.41. The summed E-state index contributed by atoms with van der Waals surface area (Å²) >= 11 is 0.782. The zero-order valence-corrected chi connectivity index (χ0v) is 7.69. The minimum absolute atomic E-state index is 0.0416. The van der Waals surface area contributed by atoms with E-state index in [-0.39, 0.29) is 10.8 Å². The van der Waals surface area contributed by atoms with Gasteiger partial charge in [-0.05, 0) is 12.1 Å². The van der Waals surface area contributed by atoms with Gasteiger partial charge in [0.1, 0.15) is 5.03 Å². The Morgan fingerprint density at radius 2 is 2.21 bits per heavy atom. The maximum Gasteiger partial charge on any atom is 0.419 e. The SMILES string of the molecule is N#CCSc1ncccc1C(F)(F)F. The molecule has 0 N–H and O–H groups in total. The maximum atomic E-state index is 12.3. The number of nitriles is 1. The van der Waals surface area contributed by atoms with Crippen LogP contribution in [-0.4, -0.2) is 10.7 Å². The molecule has 1 rings (SSSR count). The van der Waals surface area contributed by atoms with Crippen LogP contribution in [0.15, 0.2) is 23.4 Å². The molecule has 0 aliphatic rings. The van der Waals surface area contributed by atoms with Gasteiger partial charge < -0.3 is 0 Å². The van der Waals surface area contributed by atoms with E-state index < -0.39 is 11.7 Å². The predicted molar refractivity (Wildman–Crippen MR) is 45.6 cm³/mol. The lowest BCUT2D eigenvalue weighted by atomic mass is 10.3. The van der Waals surface area contributed by atoms with Crippen molar-refractivity contribution in [3.8, 4) is 6.07 Å². The van der Waals surface area contributed by atoms with Crippen molar-refractivity contribution in [2.75, 3.05) is 5.75 Å². The molecule has 0 aliphatic carbocycles. The van der Waals surface area contributed by atoms with Gasteiger partial charge in [0.15, 0.2) is 0 Å². The van der Waals surface area contributed by atoms with Gasteiger partial charge in [-0.25, -0.2) is 4.98 Å². The molecular weight excluding hydrogens is 213 g/mol. The van der Waals surface area contributed by atoms with Crippen LogP contribution in [0.4, 0.5) is 13.2 Å². The molecule has 2 nitrogen and oxygen atoms in total. The van der Waals surface area contributed by atoms with Crippen molar-refractivity contribution in [1.82, 2.24) is 4.98 Å². The second-order valence-electron chi connectivity index (χ2n) is 2.30. The number of hydrogen-bond donors (Lipinski definition) is 0. The summed E-state index contributed by atoms with van der Waals surface area (Å²) in [6.07, 6.45) is -3.14. The molecule has 0 atom stereocenters. The normalized spacial score (nSPS) is 11.0. The fraction of sp³-hybridized carbons (Fsp3) is 0.250. The van der Waals surface area contributed by atoms with Crippen LogP contribution in [0.1, 0.15) is 5.56 Å². The summed E-state index contributed by atoms with van der Waals surface area (Å²) in [5, 5.41) is 8.09. The van der Waals surface area contributed by atoms with E-state index in [2.05, 4.69) is 4.98 Å². The Morgan fingerprint density at radius 3 is 2.79 bits per heavy atom. The lowest BCUT2D eigenvalue weighted by Crippen LogP contribution is -2.07. The summed E-state index contributed by atoms with van der Waals surface area (Å²) in [6.45, 7) is 0. The van der Waals surface area contributed by atoms with Crippen LogP contribution < -0.4 is 0 Å². The van der Waals surface area contributed by atoms with Gasteiger partial charge in [-0.2, -0.15) is 18.4 Å². The van der Waals surface area contributed by atoms with Crippen molar-refractivity contribution in [3.05, 3.63) is 23.9 Å². The lowest BCUT2D eigenvalue weighted by Gasteiger charge is -2.09. The molecule has 0 radical (unpaired) electrons. The van der Waals surface area contributed by atoms with Crippen LogP contribution in [0, 0.1) is 11.3 Å². The van der Waals surface area contributed by atoms with Gasteiger partial charge in [0, 0.05) is 6.20 Å². The fourth-order valence-corrected chi connectivity index (χ4v) is 1.50. The zero-order valence-electron chi connectivity index (χ0n) is 6.88. The van der Waals surface area contributed by atoms with Gasteiger partial charge >= 0.3 is 6.18 Å². The minimum Gasteiger partial charge on any atom is -0.249 e. The van der Waals surface area contributed by atoms with E-state index in [1.54, 1.807) is 6.07 Å². The number of nitrogens with zero attached hydrogens (tertiary/aromatic N) is 2. The van der Waals surface area contributed by atoms with E-state index in [4.69, 9.17) is 5.26 Å². The summed E-state index contributed by atoms with van der Waals surface area (Å²) in [5.41, 5.74) is -0.791. The Balaban J connectivity index is 2.99. The summed E-state index contributed by atoms with van der Waals surface area (Å²) in [5.74, 6) is -0.0416. The Bertz CT molecular complexity index is 356. The van der Waals surface area contributed by atoms with Crippen molar-refractivity contribution in [1.29, 1.82) is 5.26 Å². The van der Waals surface area contributed by atoms with E-state index >= 15 is 0 Å². The molecule has 1 aromatic rings. The molecule has 1 aromatic heterocycles. The molecule has 14 heavy (non-hydrogen) atoms. The Morgan fingerprint density at radius 1 is 1.50 bits per heavy atom. The number of thioether (sulfide) groups is 1. The summed E-state index contributed by atoms with van der Waals surface area (Å²) < 4.78 is 37.0. The van der Waals surface area contributed by atoms with Crippen LogP contribution in [0.5, 0.6) is 0 Å². The van der Waals surface area contributed by atoms with Gasteiger partial charge in [-0.1, -0.05) is 11.8 Å². The Hall–Kier alpha value is -1.22. The molecule has 0 unspecified atom stereocenters. The molecular formula is C8H5F3N2S. The van der Waals surface area contributed by atoms with Gasteiger partial charge in [0.05, 0.1) is 17.4 Å². The number of halogens is 3. The van der Waals surface area contributed by atoms with E-state index in [0.29, 0.717) is 0 Å². The van der Waals surface area contributed by atoms with E-state index in [9.17, 15) is 13.2 Å². The highest BCUT2D eigenvalue weighted by atomic mass is 32.2. The molecule has 0 aromatic carbocycles. The second kappa shape index (κ2) is 4.33. The van der Waals surface area contributed by atoms with Crippen LogP contribution in [0.25, 0.3) is 0 Å². The Labute approximate surface area is 82.8 Å². The smallest absolute Gasteiger partial charge is 0.249 e. The highest BCUT2D eigenvalue weighted by Crippen LogP contribution is 2.34. The first-order valence-corrected chi connectivity index (χ1v) is 4.56. The van der Waals surface area contributed by atoms with Crippen molar-refractivity contribution >= 4 is 11.8 Å². The molecule has 0 saturated carbocycles. The first-order chi connectivity index (χ1) is 6.55. The molecule has 0 spiro atoms. The van der Waals surface area contributed by atoms with Gasteiger partial charge in [-0.3, -0.25) is 0 Å². The molecule has 74 valence electrons. The summed E-state index contributed by atoms with van der Waals surface area (Å²) in [6, 6.07) is 3.92. The van der Waals surface area contributed by atoms with E-state index in [0.717, 1.165) is 17.8 Å². The topological polar surface area (TPSA) is 36.7 Å². The highest BCUT2D eigenvalue weighted by Gasteiger charge is 2.33. The van der Waals surface area contributed by atoms with Gasteiger partial charge in [0.25, 0.3) is 0 Å². The second-order valence-corrected chi connectivity index (χ2v) is 3.26. The van der Waals surface area contributed by atoms with Crippen molar-refractivity contribution in [3.63, 3.8) is 0 Å². The van der Waals surface area contributed by atoms with E-state index in [1.807, 2.05) is 0 Å². The number of pyridine rings is 1. The first-order valence-electron chi connectivity index (χ1n) is 3.57. The van der Waals surface area contributed by atoms with Crippen LogP contribution in [-0.2, 0) is 6.18 Å². The molecule has 6 heteroatoms. The molecule has 0 saturated heterocycles. The van der Waals surface area contributed by atoms with Crippen LogP contribution in [0.3, 0.4) is 0 Å². The first kappa shape index (κ1) is 10.9. The maximum absolute atomic E-state index is 12.3.